The number of anilines is 1. The first-order chi connectivity index (χ1) is 12.2. The highest BCUT2D eigenvalue weighted by Crippen LogP contribution is 2.27. The maximum atomic E-state index is 12.6. The van der Waals surface area contributed by atoms with E-state index in [1.165, 1.54) is 17.5 Å². The average molecular weight is 338 g/mol. The van der Waals surface area contributed by atoms with Gasteiger partial charge in [0.05, 0.1) is 13.2 Å². The summed E-state index contributed by atoms with van der Waals surface area (Å²) in [6.45, 7) is 1.52. The first-order valence-corrected chi connectivity index (χ1v) is 8.77. The van der Waals surface area contributed by atoms with E-state index >= 15 is 0 Å². The molecule has 1 fully saturated rings. The number of benzene rings is 2. The van der Waals surface area contributed by atoms with Gasteiger partial charge in [0.2, 0.25) is 0 Å². The molecule has 0 bridgehead atoms. The Hall–Kier alpha value is -2.53. The van der Waals surface area contributed by atoms with Gasteiger partial charge in [0, 0.05) is 12.2 Å². The van der Waals surface area contributed by atoms with Crippen molar-refractivity contribution in [2.45, 2.75) is 25.4 Å². The Labute approximate surface area is 147 Å². The van der Waals surface area contributed by atoms with Crippen LogP contribution in [0.4, 0.5) is 10.5 Å². The minimum Gasteiger partial charge on any atom is -0.508 e. The van der Waals surface area contributed by atoms with Crippen LogP contribution < -0.4 is 5.32 Å². The van der Waals surface area contributed by atoms with Gasteiger partial charge < -0.3 is 20.1 Å². The Balaban J connectivity index is 1.43. The number of aryl methyl sites for hydroxylation is 2. The van der Waals surface area contributed by atoms with Crippen molar-refractivity contribution in [2.75, 3.05) is 25.0 Å². The van der Waals surface area contributed by atoms with Gasteiger partial charge in [0.15, 0.2) is 0 Å². The van der Waals surface area contributed by atoms with Crippen molar-refractivity contribution in [3.63, 3.8) is 0 Å². The van der Waals surface area contributed by atoms with Crippen LogP contribution in [0.3, 0.4) is 0 Å². The zero-order chi connectivity index (χ0) is 17.2. The van der Waals surface area contributed by atoms with Crippen LogP contribution in [0.15, 0.2) is 42.5 Å². The molecule has 0 saturated carbocycles. The van der Waals surface area contributed by atoms with Gasteiger partial charge in [-0.25, -0.2) is 4.79 Å². The third-order valence-electron chi connectivity index (χ3n) is 4.95. The lowest BCUT2D eigenvalue weighted by atomic mass is 10.1. The first-order valence-electron chi connectivity index (χ1n) is 8.77. The molecule has 2 aromatic carbocycles. The average Bonchev–Trinajstić information content (AvgIpc) is 3.09. The van der Waals surface area contributed by atoms with E-state index in [2.05, 4.69) is 17.4 Å². The fourth-order valence-corrected chi connectivity index (χ4v) is 3.61. The fraction of sp³-hybridized carbons (Fsp3) is 0.350. The number of ether oxygens (including phenoxy) is 1. The second kappa shape index (κ2) is 6.76. The molecular formula is C20H22N2O3. The zero-order valence-electron chi connectivity index (χ0n) is 14.1. The van der Waals surface area contributed by atoms with Gasteiger partial charge >= 0.3 is 6.03 Å². The summed E-state index contributed by atoms with van der Waals surface area (Å²) in [4.78, 5) is 14.4. The lowest BCUT2D eigenvalue weighted by Gasteiger charge is -2.33. The molecule has 1 saturated heterocycles. The molecule has 0 spiro atoms. The van der Waals surface area contributed by atoms with E-state index in [1.807, 2.05) is 12.1 Å². The van der Waals surface area contributed by atoms with Crippen LogP contribution in [0.25, 0.3) is 0 Å². The molecule has 5 heteroatoms. The molecule has 2 aromatic rings. The summed E-state index contributed by atoms with van der Waals surface area (Å²) in [5.41, 5.74) is 4.48. The van der Waals surface area contributed by atoms with E-state index in [9.17, 15) is 9.90 Å². The number of urea groups is 1. The molecule has 5 nitrogen and oxygen atoms in total. The molecule has 0 radical (unpaired) electrons. The lowest BCUT2D eigenvalue weighted by Crippen LogP contribution is -2.44. The van der Waals surface area contributed by atoms with Gasteiger partial charge in [0.1, 0.15) is 11.9 Å². The number of carbonyl (C=O) groups is 1. The third kappa shape index (κ3) is 3.46. The smallest absolute Gasteiger partial charge is 0.322 e. The maximum Gasteiger partial charge on any atom is 0.322 e. The summed E-state index contributed by atoms with van der Waals surface area (Å²) in [6.07, 6.45) is 3.21. The molecule has 1 aliphatic carbocycles. The molecule has 2 N–H and O–H groups in total. The molecule has 1 heterocycles. The third-order valence-corrected chi connectivity index (χ3v) is 4.95. The summed E-state index contributed by atoms with van der Waals surface area (Å²) in [5.74, 6) is 0.209. The molecule has 1 aliphatic heterocycles. The molecule has 0 unspecified atom stereocenters. The predicted octanol–water partition coefficient (Wildman–Crippen LogP) is 3.49. The number of nitrogens with one attached hydrogen (secondary N) is 1. The van der Waals surface area contributed by atoms with Gasteiger partial charge in [0.25, 0.3) is 0 Å². The summed E-state index contributed by atoms with van der Waals surface area (Å²) in [5, 5.41) is 12.6. The predicted molar refractivity (Wildman–Crippen MR) is 95.9 cm³/mol. The fourth-order valence-electron chi connectivity index (χ4n) is 3.61. The van der Waals surface area contributed by atoms with E-state index in [1.54, 1.807) is 23.1 Å². The minimum atomic E-state index is -0.216. The van der Waals surface area contributed by atoms with Crippen molar-refractivity contribution in [1.82, 2.24) is 4.90 Å². The number of phenols is 1. The highest BCUT2D eigenvalue weighted by Gasteiger charge is 2.26. The molecule has 4 rings (SSSR count). The number of rotatable bonds is 2. The quantitative estimate of drug-likeness (QED) is 0.881. The molecule has 130 valence electrons. The Morgan fingerprint density at radius 3 is 2.92 bits per heavy atom. The maximum absolute atomic E-state index is 12.6. The molecule has 2 amide bonds. The second-order valence-electron chi connectivity index (χ2n) is 6.67. The summed E-state index contributed by atoms with van der Waals surface area (Å²) in [6, 6.07) is 13.1. The highest BCUT2D eigenvalue weighted by atomic mass is 16.5. The van der Waals surface area contributed by atoms with Crippen molar-refractivity contribution in [2.24, 2.45) is 0 Å². The van der Waals surface area contributed by atoms with Crippen LogP contribution >= 0.6 is 0 Å². The van der Waals surface area contributed by atoms with Crippen LogP contribution in [0.2, 0.25) is 0 Å². The van der Waals surface area contributed by atoms with Crippen molar-refractivity contribution in [3.05, 3.63) is 59.2 Å². The van der Waals surface area contributed by atoms with E-state index in [4.69, 9.17) is 4.74 Å². The van der Waals surface area contributed by atoms with Gasteiger partial charge in [-0.1, -0.05) is 18.2 Å². The van der Waals surface area contributed by atoms with Crippen LogP contribution in [0.1, 0.15) is 29.2 Å². The standard InChI is InChI=1S/C20H22N2O3/c23-18-6-2-5-16(12-18)19-13-22(9-10-25-19)20(24)21-17-8-7-14-3-1-4-15(14)11-17/h2,5-8,11-12,19,23H,1,3-4,9-10,13H2,(H,21,24)/t19-/m0/s1. The van der Waals surface area contributed by atoms with Gasteiger partial charge in [-0.05, 0) is 60.2 Å². The van der Waals surface area contributed by atoms with Crippen LogP contribution in [-0.2, 0) is 17.6 Å². The number of hydrogen-bond donors (Lipinski definition) is 2. The monoisotopic (exact) mass is 338 g/mol. The van der Waals surface area contributed by atoms with Gasteiger partial charge in [-0.2, -0.15) is 0 Å². The SMILES string of the molecule is O=C(Nc1ccc2c(c1)CCC2)N1CCO[C@H](c2cccc(O)c2)C1. The topological polar surface area (TPSA) is 61.8 Å². The normalized spacial score (nSPS) is 19.5. The van der Waals surface area contributed by atoms with Crippen LogP contribution in [0.5, 0.6) is 5.75 Å². The van der Waals surface area contributed by atoms with Crippen LogP contribution in [0, 0.1) is 0 Å². The number of aromatic hydroxyl groups is 1. The van der Waals surface area contributed by atoms with E-state index in [0.717, 1.165) is 24.1 Å². The minimum absolute atomic E-state index is 0.105. The molecular weight excluding hydrogens is 316 g/mol. The van der Waals surface area contributed by atoms with E-state index in [-0.39, 0.29) is 17.9 Å². The lowest BCUT2D eigenvalue weighted by molar-refractivity contribution is -0.0135. The number of hydrogen-bond acceptors (Lipinski definition) is 3. The second-order valence-corrected chi connectivity index (χ2v) is 6.67. The Morgan fingerprint density at radius 2 is 2.04 bits per heavy atom. The van der Waals surface area contributed by atoms with Crippen molar-refractivity contribution < 1.29 is 14.6 Å². The number of nitrogens with zero attached hydrogens (tertiary/aromatic N) is 1. The first kappa shape index (κ1) is 16.0. The van der Waals surface area contributed by atoms with Crippen molar-refractivity contribution in [3.8, 4) is 5.75 Å². The summed E-state index contributed by atoms with van der Waals surface area (Å²) < 4.78 is 5.78. The number of amides is 2. The summed E-state index contributed by atoms with van der Waals surface area (Å²) >= 11 is 0. The highest BCUT2D eigenvalue weighted by molar-refractivity contribution is 5.89. The van der Waals surface area contributed by atoms with Crippen molar-refractivity contribution in [1.29, 1.82) is 0 Å². The van der Waals surface area contributed by atoms with Gasteiger partial charge in [-0.3, -0.25) is 0 Å². The number of carbonyl (C=O) groups excluding carboxylic acids is 1. The van der Waals surface area contributed by atoms with Crippen LogP contribution in [-0.4, -0.2) is 35.7 Å². The molecule has 2 aliphatic rings. The van der Waals surface area contributed by atoms with E-state index in [0.29, 0.717) is 19.7 Å². The Kier molecular flexibility index (Phi) is 4.32. The zero-order valence-corrected chi connectivity index (χ0v) is 14.1. The number of phenolic OH excluding ortho intramolecular Hbond substituents is 1. The molecule has 1 atom stereocenters. The Morgan fingerprint density at radius 1 is 1.16 bits per heavy atom. The summed E-state index contributed by atoms with van der Waals surface area (Å²) in [7, 11) is 0. The van der Waals surface area contributed by atoms with Crippen molar-refractivity contribution >= 4 is 11.7 Å². The van der Waals surface area contributed by atoms with Gasteiger partial charge in [-0.15, -0.1) is 0 Å². The largest absolute Gasteiger partial charge is 0.508 e. The molecule has 0 aromatic heterocycles. The van der Waals surface area contributed by atoms with E-state index < -0.39 is 0 Å². The number of morpholine rings is 1. The number of fused-ring (bicyclic) bond motifs is 1. The Bertz CT molecular complexity index is 790. The molecule has 25 heavy (non-hydrogen) atoms.